The second kappa shape index (κ2) is 5.00. The smallest absolute Gasteiger partial charge is 0.340 e. The van der Waals surface area contributed by atoms with Crippen molar-refractivity contribution in [1.29, 1.82) is 0 Å². The summed E-state index contributed by atoms with van der Waals surface area (Å²) in [7, 11) is 0. The van der Waals surface area contributed by atoms with Gasteiger partial charge in [0.15, 0.2) is 0 Å². The summed E-state index contributed by atoms with van der Waals surface area (Å²) in [5, 5.41) is 2.78. The summed E-state index contributed by atoms with van der Waals surface area (Å²) in [4.78, 5) is 15.2. The summed E-state index contributed by atoms with van der Waals surface area (Å²) in [6, 6.07) is 9.12. The van der Waals surface area contributed by atoms with E-state index in [-0.39, 0.29) is 5.97 Å². The Morgan fingerprint density at radius 1 is 1.15 bits per heavy atom. The van der Waals surface area contributed by atoms with Crippen molar-refractivity contribution in [2.24, 2.45) is 0 Å². The van der Waals surface area contributed by atoms with Gasteiger partial charge in [0.05, 0.1) is 33.2 Å². The third-order valence-corrected chi connectivity index (χ3v) is 4.00. The second-order valence-electron chi connectivity index (χ2n) is 4.36. The molecule has 0 aliphatic heterocycles. The van der Waals surface area contributed by atoms with Crippen LogP contribution in [0.25, 0.3) is 21.8 Å². The Kier molecular flexibility index (Phi) is 3.32. The van der Waals surface area contributed by atoms with Crippen molar-refractivity contribution in [3.8, 4) is 0 Å². The van der Waals surface area contributed by atoms with E-state index in [4.69, 9.17) is 27.9 Å². The van der Waals surface area contributed by atoms with Crippen LogP contribution in [0, 0.1) is 0 Å². The molecule has 0 fully saturated rings. The number of esters is 1. The fraction of sp³-hybridized carbons (Fsp3) is 0.133. The number of carbonyl (C=O) groups is 1. The zero-order valence-electron chi connectivity index (χ0n) is 10.7. The van der Waals surface area contributed by atoms with E-state index >= 15 is 0 Å². The fourth-order valence-corrected chi connectivity index (χ4v) is 2.68. The molecule has 0 saturated heterocycles. The van der Waals surface area contributed by atoms with Crippen LogP contribution in [-0.4, -0.2) is 17.6 Å². The summed E-state index contributed by atoms with van der Waals surface area (Å²) in [6.07, 6.45) is 0. The molecule has 0 amide bonds. The molecule has 1 N–H and O–H groups in total. The molecule has 0 aliphatic carbocycles. The first kappa shape index (κ1) is 13.3. The van der Waals surface area contributed by atoms with E-state index < -0.39 is 0 Å². The van der Waals surface area contributed by atoms with Gasteiger partial charge in [-0.1, -0.05) is 41.4 Å². The number of H-pyrrole nitrogens is 1. The fourth-order valence-electron chi connectivity index (χ4n) is 2.31. The molecule has 0 saturated carbocycles. The van der Waals surface area contributed by atoms with Gasteiger partial charge in [0.2, 0.25) is 0 Å². The number of benzene rings is 2. The highest BCUT2D eigenvalue weighted by Crippen LogP contribution is 2.35. The van der Waals surface area contributed by atoms with Crippen molar-refractivity contribution in [3.05, 3.63) is 45.9 Å². The van der Waals surface area contributed by atoms with E-state index in [1.807, 2.05) is 18.2 Å². The molecular weight excluding hydrogens is 297 g/mol. The first-order valence-corrected chi connectivity index (χ1v) is 6.94. The van der Waals surface area contributed by atoms with Crippen LogP contribution in [0.3, 0.4) is 0 Å². The number of nitrogens with one attached hydrogen (secondary N) is 1. The Morgan fingerprint density at radius 2 is 1.90 bits per heavy atom. The largest absolute Gasteiger partial charge is 0.462 e. The Morgan fingerprint density at radius 3 is 2.65 bits per heavy atom. The number of hydrogen-bond donors (Lipinski definition) is 1. The predicted molar refractivity (Wildman–Crippen MR) is 81.8 cm³/mol. The topological polar surface area (TPSA) is 42.1 Å². The number of carbonyl (C=O) groups excluding carboxylic acids is 1. The van der Waals surface area contributed by atoms with Crippen LogP contribution in [0.2, 0.25) is 10.0 Å². The van der Waals surface area contributed by atoms with Crippen molar-refractivity contribution in [2.75, 3.05) is 6.61 Å². The van der Waals surface area contributed by atoms with Gasteiger partial charge in [0.1, 0.15) is 0 Å². The lowest BCUT2D eigenvalue weighted by molar-refractivity contribution is 0.0528. The van der Waals surface area contributed by atoms with Gasteiger partial charge in [-0.3, -0.25) is 0 Å². The number of para-hydroxylation sites is 1. The average Bonchev–Trinajstić information content (AvgIpc) is 2.82. The van der Waals surface area contributed by atoms with Crippen LogP contribution in [-0.2, 0) is 4.74 Å². The molecule has 2 aromatic carbocycles. The van der Waals surface area contributed by atoms with E-state index in [9.17, 15) is 4.79 Å². The van der Waals surface area contributed by atoms with Gasteiger partial charge in [-0.25, -0.2) is 4.79 Å². The number of ether oxygens (including phenoxy) is 1. The Balaban J connectivity index is 2.35. The number of aromatic amines is 1. The van der Waals surface area contributed by atoms with Gasteiger partial charge >= 0.3 is 5.97 Å². The van der Waals surface area contributed by atoms with Crippen molar-refractivity contribution >= 4 is 51.0 Å². The maximum absolute atomic E-state index is 12.0. The summed E-state index contributed by atoms with van der Waals surface area (Å²) < 4.78 is 5.07. The molecule has 1 heterocycles. The molecule has 1 aromatic heterocycles. The summed E-state index contributed by atoms with van der Waals surface area (Å²) in [5.41, 5.74) is 1.93. The summed E-state index contributed by atoms with van der Waals surface area (Å²) >= 11 is 12.2. The molecule has 102 valence electrons. The van der Waals surface area contributed by atoms with Gasteiger partial charge < -0.3 is 9.72 Å². The first-order chi connectivity index (χ1) is 9.63. The van der Waals surface area contributed by atoms with Gasteiger partial charge in [-0.05, 0) is 19.1 Å². The maximum atomic E-state index is 12.0. The van der Waals surface area contributed by atoms with Gasteiger partial charge in [0.25, 0.3) is 0 Å². The highest BCUT2D eigenvalue weighted by Gasteiger charge is 2.16. The average molecular weight is 308 g/mol. The van der Waals surface area contributed by atoms with Crippen LogP contribution in [0.4, 0.5) is 0 Å². The summed E-state index contributed by atoms with van der Waals surface area (Å²) in [5.74, 6) is -0.355. The van der Waals surface area contributed by atoms with Crippen molar-refractivity contribution in [1.82, 2.24) is 4.98 Å². The maximum Gasteiger partial charge on any atom is 0.340 e. The Labute approximate surface area is 125 Å². The van der Waals surface area contributed by atoms with Crippen molar-refractivity contribution in [2.45, 2.75) is 6.92 Å². The zero-order valence-corrected chi connectivity index (χ0v) is 12.2. The lowest BCUT2D eigenvalue weighted by atomic mass is 10.1. The highest BCUT2D eigenvalue weighted by molar-refractivity contribution is 6.45. The molecule has 0 spiro atoms. The third kappa shape index (κ3) is 1.94. The lowest BCUT2D eigenvalue weighted by Gasteiger charge is -2.02. The molecule has 0 unspecified atom stereocenters. The molecule has 3 rings (SSSR count). The number of fused-ring (bicyclic) bond motifs is 3. The quantitative estimate of drug-likeness (QED) is 0.691. The highest BCUT2D eigenvalue weighted by atomic mass is 35.5. The number of halogens is 2. The minimum absolute atomic E-state index is 0.335. The molecule has 3 nitrogen and oxygen atoms in total. The third-order valence-electron chi connectivity index (χ3n) is 3.19. The Hall–Kier alpha value is -1.71. The molecule has 5 heteroatoms. The van der Waals surface area contributed by atoms with E-state index in [2.05, 4.69) is 4.98 Å². The van der Waals surface area contributed by atoms with Crippen LogP contribution in [0.15, 0.2) is 30.3 Å². The van der Waals surface area contributed by atoms with E-state index in [1.54, 1.807) is 19.1 Å². The molecule has 0 atom stereocenters. The SMILES string of the molecule is CCOC(=O)c1cccc2c1[nH]c1c(Cl)c(Cl)ccc12. The lowest BCUT2D eigenvalue weighted by Crippen LogP contribution is -2.05. The van der Waals surface area contributed by atoms with Crippen LogP contribution < -0.4 is 0 Å². The van der Waals surface area contributed by atoms with E-state index in [0.29, 0.717) is 27.7 Å². The second-order valence-corrected chi connectivity index (χ2v) is 5.14. The van der Waals surface area contributed by atoms with E-state index in [0.717, 1.165) is 16.3 Å². The number of hydrogen-bond acceptors (Lipinski definition) is 2. The molecule has 0 radical (unpaired) electrons. The predicted octanol–water partition coefficient (Wildman–Crippen LogP) is 4.80. The monoisotopic (exact) mass is 307 g/mol. The van der Waals surface area contributed by atoms with Crippen molar-refractivity contribution in [3.63, 3.8) is 0 Å². The van der Waals surface area contributed by atoms with Crippen LogP contribution in [0.1, 0.15) is 17.3 Å². The Bertz CT molecular complexity index is 823. The molecule has 3 aromatic rings. The van der Waals surface area contributed by atoms with Crippen LogP contribution in [0.5, 0.6) is 0 Å². The van der Waals surface area contributed by atoms with Crippen molar-refractivity contribution < 1.29 is 9.53 Å². The summed E-state index contributed by atoms with van der Waals surface area (Å²) in [6.45, 7) is 2.11. The van der Waals surface area contributed by atoms with Gasteiger partial charge in [0, 0.05) is 10.8 Å². The zero-order chi connectivity index (χ0) is 14.3. The minimum atomic E-state index is -0.355. The minimum Gasteiger partial charge on any atom is -0.462 e. The van der Waals surface area contributed by atoms with Crippen LogP contribution >= 0.6 is 23.2 Å². The number of rotatable bonds is 2. The number of aromatic nitrogens is 1. The standard InChI is InChI=1S/C15H11Cl2NO2/c1-2-20-15(19)10-5-3-4-8-9-6-7-11(16)12(17)14(9)18-13(8)10/h3-7,18H,2H2,1H3. The van der Waals surface area contributed by atoms with E-state index in [1.165, 1.54) is 0 Å². The molecule has 0 aliphatic rings. The normalized spacial score (nSPS) is 11.2. The van der Waals surface area contributed by atoms with Gasteiger partial charge in [-0.2, -0.15) is 0 Å². The molecule has 20 heavy (non-hydrogen) atoms. The van der Waals surface area contributed by atoms with Gasteiger partial charge in [-0.15, -0.1) is 0 Å². The first-order valence-electron chi connectivity index (χ1n) is 6.19. The molecule has 0 bridgehead atoms. The molecular formula is C15H11Cl2NO2.